The van der Waals surface area contributed by atoms with E-state index in [2.05, 4.69) is 4.90 Å². The minimum atomic E-state index is -1.33. The Morgan fingerprint density at radius 3 is 2.37 bits per heavy atom. The number of carboxylic acids is 1. The second-order valence-corrected chi connectivity index (χ2v) is 7.53. The van der Waals surface area contributed by atoms with E-state index in [1.54, 1.807) is 17.0 Å². The number of aromatic carboxylic acids is 1. The van der Waals surface area contributed by atoms with Gasteiger partial charge in [0.15, 0.2) is 6.61 Å². The van der Waals surface area contributed by atoms with E-state index in [0.29, 0.717) is 19.6 Å². The summed E-state index contributed by atoms with van der Waals surface area (Å²) in [5, 5.41) is 9.18. The van der Waals surface area contributed by atoms with Crippen LogP contribution in [0.3, 0.4) is 0 Å². The van der Waals surface area contributed by atoms with Gasteiger partial charge in [-0.15, -0.1) is 0 Å². The first-order valence-electron chi connectivity index (χ1n) is 9.68. The Bertz CT molecular complexity index is 920. The standard InChI is InChI=1S/C22H24F2N2O4/c1-14-11-26(15(2)10-25(14)12-16-3-5-17(23)6-4-16)21(27)13-30-20-8-7-18(24)9-19(20)22(28)29/h3-9,14-15H,10-13H2,1-2H3,(H,28,29)/t14-,15+/m0/s1. The summed E-state index contributed by atoms with van der Waals surface area (Å²) in [5.74, 6) is -2.61. The molecule has 0 aliphatic carbocycles. The number of hydrogen-bond acceptors (Lipinski definition) is 4. The van der Waals surface area contributed by atoms with Crippen LogP contribution in [0, 0.1) is 11.6 Å². The summed E-state index contributed by atoms with van der Waals surface area (Å²) in [7, 11) is 0. The SMILES string of the molecule is C[C@@H]1CN(Cc2ccc(F)cc2)[C@@H](C)CN1C(=O)COc1ccc(F)cc1C(=O)O. The monoisotopic (exact) mass is 418 g/mol. The van der Waals surface area contributed by atoms with Gasteiger partial charge in [0.05, 0.1) is 0 Å². The van der Waals surface area contributed by atoms with Gasteiger partial charge in [0, 0.05) is 31.7 Å². The van der Waals surface area contributed by atoms with E-state index in [-0.39, 0.29) is 41.7 Å². The quantitative estimate of drug-likeness (QED) is 0.781. The molecule has 3 rings (SSSR count). The minimum Gasteiger partial charge on any atom is -0.483 e. The third-order valence-corrected chi connectivity index (χ3v) is 5.26. The molecule has 0 saturated carbocycles. The van der Waals surface area contributed by atoms with Crippen molar-refractivity contribution in [3.63, 3.8) is 0 Å². The predicted molar refractivity (Wildman–Crippen MR) is 106 cm³/mol. The molecule has 0 aromatic heterocycles. The van der Waals surface area contributed by atoms with Crippen LogP contribution in [0.2, 0.25) is 0 Å². The van der Waals surface area contributed by atoms with Crippen LogP contribution in [0.1, 0.15) is 29.8 Å². The number of hydrogen-bond donors (Lipinski definition) is 1. The Labute approximate surface area is 173 Å². The molecule has 1 aliphatic heterocycles. The lowest BCUT2D eigenvalue weighted by Crippen LogP contribution is -2.58. The zero-order valence-corrected chi connectivity index (χ0v) is 16.8. The van der Waals surface area contributed by atoms with E-state index in [1.165, 1.54) is 18.2 Å². The number of halogens is 2. The van der Waals surface area contributed by atoms with Crippen LogP contribution in [0.4, 0.5) is 8.78 Å². The highest BCUT2D eigenvalue weighted by atomic mass is 19.1. The minimum absolute atomic E-state index is 0.0482. The van der Waals surface area contributed by atoms with Gasteiger partial charge >= 0.3 is 5.97 Å². The predicted octanol–water partition coefficient (Wildman–Crippen LogP) is 3.16. The maximum Gasteiger partial charge on any atom is 0.339 e. The third kappa shape index (κ3) is 5.13. The van der Waals surface area contributed by atoms with Gasteiger partial charge in [-0.05, 0) is 49.7 Å². The van der Waals surface area contributed by atoms with E-state index < -0.39 is 11.8 Å². The van der Waals surface area contributed by atoms with Crippen LogP contribution in [0.5, 0.6) is 5.75 Å². The Kier molecular flexibility index (Phi) is 6.66. The number of benzene rings is 2. The number of ether oxygens (including phenoxy) is 1. The van der Waals surface area contributed by atoms with Crippen molar-refractivity contribution in [1.82, 2.24) is 9.80 Å². The Balaban J connectivity index is 1.60. The van der Waals surface area contributed by atoms with E-state index in [4.69, 9.17) is 4.74 Å². The second-order valence-electron chi connectivity index (χ2n) is 7.53. The van der Waals surface area contributed by atoms with Gasteiger partial charge in [0.1, 0.15) is 22.9 Å². The molecule has 0 radical (unpaired) electrons. The van der Waals surface area contributed by atoms with Gasteiger partial charge in [-0.3, -0.25) is 9.69 Å². The van der Waals surface area contributed by atoms with Gasteiger partial charge in [-0.25, -0.2) is 13.6 Å². The zero-order chi connectivity index (χ0) is 21.8. The molecule has 30 heavy (non-hydrogen) atoms. The van der Waals surface area contributed by atoms with E-state index in [0.717, 1.165) is 17.7 Å². The number of carbonyl (C=O) groups is 2. The fourth-order valence-electron chi connectivity index (χ4n) is 3.61. The average Bonchev–Trinajstić information content (AvgIpc) is 2.70. The summed E-state index contributed by atoms with van der Waals surface area (Å²) in [5.41, 5.74) is 0.671. The number of piperazine rings is 1. The molecule has 6 nitrogen and oxygen atoms in total. The molecule has 1 fully saturated rings. The van der Waals surface area contributed by atoms with Gasteiger partial charge in [-0.1, -0.05) is 12.1 Å². The lowest BCUT2D eigenvalue weighted by atomic mass is 10.1. The number of amides is 1. The molecule has 1 amide bonds. The van der Waals surface area contributed by atoms with Crippen LogP contribution in [-0.4, -0.2) is 58.6 Å². The number of rotatable bonds is 6. The molecular weight excluding hydrogens is 394 g/mol. The Hall–Kier alpha value is -3.00. The van der Waals surface area contributed by atoms with Gasteiger partial charge < -0.3 is 14.7 Å². The van der Waals surface area contributed by atoms with Crippen molar-refractivity contribution >= 4 is 11.9 Å². The van der Waals surface area contributed by atoms with Gasteiger partial charge in [0.2, 0.25) is 0 Å². The van der Waals surface area contributed by atoms with Crippen molar-refractivity contribution in [3.8, 4) is 5.75 Å². The molecule has 0 bridgehead atoms. The van der Waals surface area contributed by atoms with Crippen LogP contribution in [0.25, 0.3) is 0 Å². The molecular formula is C22H24F2N2O4. The number of carboxylic acid groups (broad SMARTS) is 1. The summed E-state index contributed by atoms with van der Waals surface area (Å²) in [6.07, 6.45) is 0. The number of nitrogens with zero attached hydrogens (tertiary/aromatic N) is 2. The van der Waals surface area contributed by atoms with Crippen LogP contribution < -0.4 is 4.74 Å². The third-order valence-electron chi connectivity index (χ3n) is 5.26. The van der Waals surface area contributed by atoms with Crippen molar-refractivity contribution < 1.29 is 28.2 Å². The van der Waals surface area contributed by atoms with Crippen molar-refractivity contribution in [2.45, 2.75) is 32.5 Å². The second kappa shape index (κ2) is 9.21. The van der Waals surface area contributed by atoms with E-state index in [9.17, 15) is 23.5 Å². The average molecular weight is 418 g/mol. The molecule has 2 aromatic carbocycles. The van der Waals surface area contributed by atoms with Gasteiger partial charge in [-0.2, -0.15) is 0 Å². The highest BCUT2D eigenvalue weighted by Gasteiger charge is 2.32. The summed E-state index contributed by atoms with van der Waals surface area (Å²) >= 11 is 0. The largest absolute Gasteiger partial charge is 0.483 e. The molecule has 8 heteroatoms. The van der Waals surface area contributed by atoms with Crippen molar-refractivity contribution in [1.29, 1.82) is 0 Å². The first-order chi connectivity index (χ1) is 14.2. The maximum absolute atomic E-state index is 13.3. The molecule has 0 spiro atoms. The molecule has 0 unspecified atom stereocenters. The summed E-state index contributed by atoms with van der Waals surface area (Å²) in [6.45, 7) is 5.39. The van der Waals surface area contributed by atoms with E-state index in [1.807, 2.05) is 13.8 Å². The Morgan fingerprint density at radius 1 is 1.03 bits per heavy atom. The molecule has 160 valence electrons. The highest BCUT2D eigenvalue weighted by molar-refractivity contribution is 5.91. The smallest absolute Gasteiger partial charge is 0.339 e. The molecule has 1 N–H and O–H groups in total. The molecule has 1 heterocycles. The van der Waals surface area contributed by atoms with Crippen molar-refractivity contribution in [3.05, 3.63) is 65.2 Å². The topological polar surface area (TPSA) is 70.1 Å². The van der Waals surface area contributed by atoms with E-state index >= 15 is 0 Å². The summed E-state index contributed by atoms with van der Waals surface area (Å²) in [6, 6.07) is 9.52. The molecule has 2 aromatic rings. The maximum atomic E-state index is 13.3. The van der Waals surface area contributed by atoms with Crippen molar-refractivity contribution in [2.75, 3.05) is 19.7 Å². The summed E-state index contributed by atoms with van der Waals surface area (Å²) < 4.78 is 31.8. The first kappa shape index (κ1) is 21.7. The normalized spacial score (nSPS) is 19.5. The zero-order valence-electron chi connectivity index (χ0n) is 16.8. The fraction of sp³-hybridized carbons (Fsp3) is 0.364. The van der Waals surface area contributed by atoms with Crippen LogP contribution in [-0.2, 0) is 11.3 Å². The molecule has 1 saturated heterocycles. The fourth-order valence-corrected chi connectivity index (χ4v) is 3.61. The molecule has 1 aliphatic rings. The number of carbonyl (C=O) groups excluding carboxylic acids is 1. The first-order valence-corrected chi connectivity index (χ1v) is 9.68. The lowest BCUT2D eigenvalue weighted by Gasteiger charge is -2.44. The summed E-state index contributed by atoms with van der Waals surface area (Å²) in [4.78, 5) is 27.9. The molecule has 2 atom stereocenters. The van der Waals surface area contributed by atoms with Crippen molar-refractivity contribution in [2.24, 2.45) is 0 Å². The Morgan fingerprint density at radius 2 is 1.70 bits per heavy atom. The van der Waals surface area contributed by atoms with Crippen LogP contribution >= 0.6 is 0 Å². The highest BCUT2D eigenvalue weighted by Crippen LogP contribution is 2.22. The lowest BCUT2D eigenvalue weighted by molar-refractivity contribution is -0.139. The van der Waals surface area contributed by atoms with Gasteiger partial charge in [0.25, 0.3) is 5.91 Å². The van der Waals surface area contributed by atoms with Crippen LogP contribution in [0.15, 0.2) is 42.5 Å².